The van der Waals surface area contributed by atoms with E-state index in [4.69, 9.17) is 15.0 Å². The van der Waals surface area contributed by atoms with Gasteiger partial charge in [0.2, 0.25) is 0 Å². The molecule has 52 heavy (non-hydrogen) atoms. The first-order valence-electron chi connectivity index (χ1n) is 17.4. The van der Waals surface area contributed by atoms with E-state index in [2.05, 4.69) is 108 Å². The summed E-state index contributed by atoms with van der Waals surface area (Å²) in [6.45, 7) is 0. The van der Waals surface area contributed by atoms with Gasteiger partial charge in [-0.1, -0.05) is 146 Å². The quantitative estimate of drug-likeness (QED) is 0.187. The van der Waals surface area contributed by atoms with E-state index in [1.165, 1.54) is 33.4 Å². The summed E-state index contributed by atoms with van der Waals surface area (Å²) in [7, 11) is 0. The zero-order valence-electron chi connectivity index (χ0n) is 28.0. The molecule has 1 aromatic heterocycles. The van der Waals surface area contributed by atoms with Crippen molar-refractivity contribution in [1.29, 1.82) is 5.26 Å². The van der Waals surface area contributed by atoms with Crippen LogP contribution in [0.4, 0.5) is 17.1 Å². The molecule has 10 rings (SSSR count). The van der Waals surface area contributed by atoms with Gasteiger partial charge in [-0.3, -0.25) is 0 Å². The minimum Gasteiger partial charge on any atom is -0.309 e. The minimum atomic E-state index is -0.530. The van der Waals surface area contributed by atoms with Gasteiger partial charge in [0.15, 0.2) is 17.5 Å². The van der Waals surface area contributed by atoms with Crippen LogP contribution in [-0.2, 0) is 5.41 Å². The number of aromatic nitrogens is 3. The van der Waals surface area contributed by atoms with Crippen LogP contribution in [0.2, 0.25) is 0 Å². The number of para-hydroxylation sites is 2. The van der Waals surface area contributed by atoms with Crippen LogP contribution in [0.25, 0.3) is 45.3 Å². The van der Waals surface area contributed by atoms with Crippen molar-refractivity contribution < 1.29 is 0 Å². The highest BCUT2D eigenvalue weighted by Gasteiger charge is 2.51. The van der Waals surface area contributed by atoms with Crippen LogP contribution in [0.5, 0.6) is 0 Å². The lowest BCUT2D eigenvalue weighted by Crippen LogP contribution is -2.36. The van der Waals surface area contributed by atoms with Gasteiger partial charge in [-0.05, 0) is 63.7 Å². The predicted octanol–water partition coefficient (Wildman–Crippen LogP) is 10.9. The maximum Gasteiger partial charge on any atom is 0.166 e. The third kappa shape index (κ3) is 4.31. The van der Waals surface area contributed by atoms with Gasteiger partial charge < -0.3 is 4.90 Å². The summed E-state index contributed by atoms with van der Waals surface area (Å²) in [6.07, 6.45) is 0. The van der Waals surface area contributed by atoms with E-state index in [9.17, 15) is 5.26 Å². The molecule has 2 heterocycles. The van der Waals surface area contributed by atoms with Gasteiger partial charge in [0.25, 0.3) is 0 Å². The predicted molar refractivity (Wildman–Crippen MR) is 206 cm³/mol. The second-order valence-corrected chi connectivity index (χ2v) is 13.1. The van der Waals surface area contributed by atoms with Crippen molar-refractivity contribution >= 4 is 17.1 Å². The molecule has 0 atom stereocenters. The van der Waals surface area contributed by atoms with Gasteiger partial charge in [-0.2, -0.15) is 5.26 Å². The van der Waals surface area contributed by atoms with Crippen LogP contribution in [0, 0.1) is 11.3 Å². The fourth-order valence-corrected chi connectivity index (χ4v) is 8.23. The van der Waals surface area contributed by atoms with Gasteiger partial charge in [0, 0.05) is 16.7 Å². The Morgan fingerprint density at radius 1 is 0.404 bits per heavy atom. The maximum absolute atomic E-state index is 10.2. The molecular formula is C47H29N5. The topological polar surface area (TPSA) is 65.7 Å². The molecule has 5 nitrogen and oxygen atoms in total. The summed E-state index contributed by atoms with van der Waals surface area (Å²) in [6, 6.07) is 63.2. The maximum atomic E-state index is 10.2. The summed E-state index contributed by atoms with van der Waals surface area (Å²) in [5, 5.41) is 10.2. The molecular weight excluding hydrogens is 635 g/mol. The van der Waals surface area contributed by atoms with Crippen LogP contribution < -0.4 is 4.90 Å². The third-order valence-electron chi connectivity index (χ3n) is 10.4. The standard InChI is InChI=1S/C47H29N5/c48-30-31-27-28-41(36(29-31)46-50-44(32-15-3-1-4-16-32)49-45(51-46)33-17-5-2-6-18-33)52-42-25-13-11-23-39(42)47(40-24-12-14-26-43(40)52)37-21-9-7-19-34(37)35-20-8-10-22-38(35)47/h1-29H. The number of nitrogens with zero attached hydrogens (tertiary/aromatic N) is 5. The summed E-state index contributed by atoms with van der Waals surface area (Å²) in [5.74, 6) is 1.62. The molecule has 1 spiro atoms. The Morgan fingerprint density at radius 2 is 0.846 bits per heavy atom. The number of hydrogen-bond donors (Lipinski definition) is 0. The molecule has 0 N–H and O–H groups in total. The Labute approximate surface area is 301 Å². The number of fused-ring (bicyclic) bond motifs is 9. The molecule has 0 unspecified atom stereocenters. The third-order valence-corrected chi connectivity index (χ3v) is 10.4. The summed E-state index contributed by atoms with van der Waals surface area (Å²) < 4.78 is 0. The first kappa shape index (κ1) is 29.7. The lowest BCUT2D eigenvalue weighted by atomic mass is 9.64. The molecule has 242 valence electrons. The average molecular weight is 664 g/mol. The van der Waals surface area contributed by atoms with Crippen LogP contribution in [-0.4, -0.2) is 15.0 Å². The number of hydrogen-bond acceptors (Lipinski definition) is 5. The van der Waals surface area contributed by atoms with E-state index in [1.54, 1.807) is 0 Å². The van der Waals surface area contributed by atoms with Crippen LogP contribution >= 0.6 is 0 Å². The van der Waals surface area contributed by atoms with Crippen molar-refractivity contribution in [2.24, 2.45) is 0 Å². The van der Waals surface area contributed by atoms with E-state index < -0.39 is 5.41 Å². The molecule has 0 bridgehead atoms. The van der Waals surface area contributed by atoms with Crippen molar-refractivity contribution in [3.05, 3.63) is 204 Å². The molecule has 8 aromatic rings. The normalized spacial score (nSPS) is 13.1. The van der Waals surface area contributed by atoms with Gasteiger partial charge in [-0.15, -0.1) is 0 Å². The van der Waals surface area contributed by atoms with Gasteiger partial charge in [-0.25, -0.2) is 15.0 Å². The summed E-state index contributed by atoms with van der Waals surface area (Å²) in [4.78, 5) is 17.5. The molecule has 1 aliphatic heterocycles. The minimum absolute atomic E-state index is 0.492. The van der Waals surface area contributed by atoms with Crippen LogP contribution in [0.1, 0.15) is 27.8 Å². The number of anilines is 3. The smallest absolute Gasteiger partial charge is 0.166 e. The Balaban J connectivity index is 1.26. The number of rotatable bonds is 4. The largest absolute Gasteiger partial charge is 0.309 e. The molecule has 0 fully saturated rings. The summed E-state index contributed by atoms with van der Waals surface area (Å²) in [5.41, 5.74) is 12.9. The van der Waals surface area contributed by atoms with Gasteiger partial charge in [0.05, 0.1) is 34.1 Å². The highest BCUT2D eigenvalue weighted by molar-refractivity contribution is 5.98. The van der Waals surface area contributed by atoms with E-state index >= 15 is 0 Å². The molecule has 0 saturated carbocycles. The fourth-order valence-electron chi connectivity index (χ4n) is 8.23. The van der Waals surface area contributed by atoms with Crippen molar-refractivity contribution in [3.8, 4) is 51.4 Å². The first-order valence-corrected chi connectivity index (χ1v) is 17.4. The first-order chi connectivity index (χ1) is 25.8. The second-order valence-electron chi connectivity index (χ2n) is 13.1. The number of benzene rings is 7. The fraction of sp³-hybridized carbons (Fsp3) is 0.0213. The zero-order valence-corrected chi connectivity index (χ0v) is 28.0. The molecule has 2 aliphatic rings. The second kappa shape index (κ2) is 11.7. The Bertz CT molecular complexity index is 2560. The lowest BCUT2D eigenvalue weighted by molar-refractivity contribution is 0.752. The van der Waals surface area contributed by atoms with E-state index in [1.807, 2.05) is 78.9 Å². The highest BCUT2D eigenvalue weighted by Crippen LogP contribution is 2.63. The van der Waals surface area contributed by atoms with Gasteiger partial charge in [0.1, 0.15) is 0 Å². The van der Waals surface area contributed by atoms with E-state index in [0.29, 0.717) is 23.0 Å². The lowest BCUT2D eigenvalue weighted by Gasteiger charge is -2.45. The number of nitriles is 1. The molecule has 0 saturated heterocycles. The highest BCUT2D eigenvalue weighted by atomic mass is 15.2. The van der Waals surface area contributed by atoms with Crippen LogP contribution in [0.3, 0.4) is 0 Å². The van der Waals surface area contributed by atoms with Gasteiger partial charge >= 0.3 is 0 Å². The molecule has 0 amide bonds. The molecule has 0 radical (unpaired) electrons. The zero-order chi connectivity index (χ0) is 34.6. The Hall–Kier alpha value is -7.16. The SMILES string of the molecule is N#Cc1ccc(N2c3ccccc3C3(c4ccccc4-c4ccccc43)c3ccccc32)c(-c2nc(-c3ccccc3)nc(-c3ccccc3)n2)c1. The Morgan fingerprint density at radius 3 is 1.37 bits per heavy atom. The van der Waals surface area contributed by atoms with Crippen molar-refractivity contribution in [2.45, 2.75) is 5.41 Å². The molecule has 7 aromatic carbocycles. The van der Waals surface area contributed by atoms with Crippen molar-refractivity contribution in [1.82, 2.24) is 15.0 Å². The monoisotopic (exact) mass is 663 g/mol. The molecule has 1 aliphatic carbocycles. The Kier molecular flexibility index (Phi) is 6.70. The van der Waals surface area contributed by atoms with Crippen LogP contribution in [0.15, 0.2) is 176 Å². The molecule has 5 heteroatoms. The van der Waals surface area contributed by atoms with Crippen molar-refractivity contribution in [2.75, 3.05) is 4.90 Å². The van der Waals surface area contributed by atoms with Crippen molar-refractivity contribution in [3.63, 3.8) is 0 Å². The summed E-state index contributed by atoms with van der Waals surface area (Å²) >= 11 is 0. The average Bonchev–Trinajstić information content (AvgIpc) is 3.52. The van der Waals surface area contributed by atoms with E-state index in [0.717, 1.165) is 33.8 Å². The van der Waals surface area contributed by atoms with E-state index in [-0.39, 0.29) is 0 Å².